The molecular formula is C13H10N2O. The molecule has 0 aliphatic carbocycles. The van der Waals surface area contributed by atoms with E-state index in [1.165, 1.54) is 0 Å². The van der Waals surface area contributed by atoms with Gasteiger partial charge in [0.2, 0.25) is 0 Å². The third-order valence-electron chi connectivity index (χ3n) is 2.76. The fourth-order valence-electron chi connectivity index (χ4n) is 1.91. The van der Waals surface area contributed by atoms with E-state index in [1.54, 1.807) is 6.20 Å². The molecule has 3 aromatic rings. The number of nitrogens with zero attached hydrogens (tertiary/aromatic N) is 1. The van der Waals surface area contributed by atoms with Gasteiger partial charge in [-0.05, 0) is 24.6 Å². The fourth-order valence-corrected chi connectivity index (χ4v) is 1.91. The molecular weight excluding hydrogens is 200 g/mol. The topological polar surface area (TPSA) is 45.8 Å². The number of hydrogen-bond acceptors (Lipinski definition) is 2. The van der Waals surface area contributed by atoms with Gasteiger partial charge in [0.15, 0.2) is 0 Å². The molecule has 0 saturated heterocycles. The van der Waals surface area contributed by atoms with Gasteiger partial charge in [-0.3, -0.25) is 4.79 Å². The Labute approximate surface area is 91.8 Å². The van der Waals surface area contributed by atoms with Crippen molar-refractivity contribution in [1.29, 1.82) is 0 Å². The summed E-state index contributed by atoms with van der Waals surface area (Å²) in [6.45, 7) is 1.94. The van der Waals surface area contributed by atoms with E-state index in [0.29, 0.717) is 5.39 Å². The summed E-state index contributed by atoms with van der Waals surface area (Å²) in [5.41, 5.74) is 2.60. The van der Waals surface area contributed by atoms with Crippen molar-refractivity contribution in [2.75, 3.05) is 0 Å². The molecule has 2 heterocycles. The van der Waals surface area contributed by atoms with E-state index in [1.807, 2.05) is 37.3 Å². The zero-order chi connectivity index (χ0) is 11.1. The quantitative estimate of drug-likeness (QED) is 0.579. The molecule has 0 aliphatic rings. The second kappa shape index (κ2) is 3.17. The lowest BCUT2D eigenvalue weighted by Gasteiger charge is -2.02. The first-order valence-corrected chi connectivity index (χ1v) is 5.13. The number of nitrogens with one attached hydrogen (secondary N) is 1. The van der Waals surface area contributed by atoms with Crippen LogP contribution < -0.4 is 5.56 Å². The molecule has 2 aromatic heterocycles. The molecule has 0 amide bonds. The van der Waals surface area contributed by atoms with Crippen molar-refractivity contribution in [3.05, 3.63) is 52.4 Å². The van der Waals surface area contributed by atoms with Gasteiger partial charge >= 0.3 is 0 Å². The number of benzene rings is 1. The van der Waals surface area contributed by atoms with Crippen LogP contribution in [0.5, 0.6) is 0 Å². The number of aryl methyl sites for hydroxylation is 1. The number of aromatic nitrogens is 2. The van der Waals surface area contributed by atoms with Crippen LogP contribution >= 0.6 is 0 Å². The number of rotatable bonds is 0. The van der Waals surface area contributed by atoms with Crippen molar-refractivity contribution in [3.63, 3.8) is 0 Å². The highest BCUT2D eigenvalue weighted by Gasteiger charge is 2.04. The van der Waals surface area contributed by atoms with Gasteiger partial charge in [-0.25, -0.2) is 4.98 Å². The Kier molecular flexibility index (Phi) is 1.80. The van der Waals surface area contributed by atoms with E-state index in [9.17, 15) is 4.79 Å². The van der Waals surface area contributed by atoms with Gasteiger partial charge in [-0.15, -0.1) is 0 Å². The molecule has 0 atom stereocenters. The van der Waals surface area contributed by atoms with Crippen molar-refractivity contribution in [2.24, 2.45) is 0 Å². The van der Waals surface area contributed by atoms with Gasteiger partial charge < -0.3 is 4.98 Å². The van der Waals surface area contributed by atoms with E-state index in [2.05, 4.69) is 9.97 Å². The standard InChI is InChI=1S/C13H10N2O/c1-8-7-14-13(16)10-6-9-4-2-3-5-11(9)15-12(8)10/h2-7H,1H3,(H,14,16). The summed E-state index contributed by atoms with van der Waals surface area (Å²) in [4.78, 5) is 18.9. The number of para-hydroxylation sites is 1. The van der Waals surface area contributed by atoms with Crippen LogP contribution in [0.4, 0.5) is 0 Å². The van der Waals surface area contributed by atoms with Gasteiger partial charge in [0.1, 0.15) is 0 Å². The molecule has 0 unspecified atom stereocenters. The van der Waals surface area contributed by atoms with Crippen LogP contribution in [0, 0.1) is 6.92 Å². The first kappa shape index (κ1) is 9.09. The zero-order valence-corrected chi connectivity index (χ0v) is 8.82. The molecule has 3 rings (SSSR count). The van der Waals surface area contributed by atoms with Crippen LogP contribution in [-0.4, -0.2) is 9.97 Å². The number of aromatic amines is 1. The molecule has 78 valence electrons. The Hall–Kier alpha value is -2.16. The Bertz CT molecular complexity index is 744. The molecule has 0 aliphatic heterocycles. The van der Waals surface area contributed by atoms with Crippen molar-refractivity contribution >= 4 is 21.8 Å². The van der Waals surface area contributed by atoms with Gasteiger partial charge in [-0.1, -0.05) is 18.2 Å². The summed E-state index contributed by atoms with van der Waals surface area (Å²) in [5, 5.41) is 1.64. The van der Waals surface area contributed by atoms with Crippen molar-refractivity contribution in [3.8, 4) is 0 Å². The average Bonchev–Trinajstić information content (AvgIpc) is 2.32. The minimum Gasteiger partial charge on any atom is -0.328 e. The maximum Gasteiger partial charge on any atom is 0.257 e. The van der Waals surface area contributed by atoms with E-state index in [0.717, 1.165) is 22.0 Å². The van der Waals surface area contributed by atoms with Gasteiger partial charge in [0.25, 0.3) is 5.56 Å². The van der Waals surface area contributed by atoms with Crippen LogP contribution in [-0.2, 0) is 0 Å². The van der Waals surface area contributed by atoms with Crippen LogP contribution in [0.15, 0.2) is 41.3 Å². The van der Waals surface area contributed by atoms with Crippen LogP contribution in [0.1, 0.15) is 5.56 Å². The highest BCUT2D eigenvalue weighted by atomic mass is 16.1. The van der Waals surface area contributed by atoms with Crippen LogP contribution in [0.2, 0.25) is 0 Å². The number of fused-ring (bicyclic) bond motifs is 2. The molecule has 3 nitrogen and oxygen atoms in total. The smallest absolute Gasteiger partial charge is 0.257 e. The summed E-state index contributed by atoms with van der Waals surface area (Å²) in [7, 11) is 0. The summed E-state index contributed by atoms with van der Waals surface area (Å²) < 4.78 is 0. The van der Waals surface area contributed by atoms with Gasteiger partial charge in [0, 0.05) is 11.6 Å². The maximum absolute atomic E-state index is 11.7. The maximum atomic E-state index is 11.7. The molecule has 0 radical (unpaired) electrons. The number of pyridine rings is 2. The monoisotopic (exact) mass is 210 g/mol. The summed E-state index contributed by atoms with van der Waals surface area (Å²) in [5.74, 6) is 0. The number of hydrogen-bond donors (Lipinski definition) is 1. The lowest BCUT2D eigenvalue weighted by molar-refractivity contribution is 1.23. The summed E-state index contributed by atoms with van der Waals surface area (Å²) >= 11 is 0. The molecule has 0 bridgehead atoms. The lowest BCUT2D eigenvalue weighted by Crippen LogP contribution is -2.06. The van der Waals surface area contributed by atoms with Crippen molar-refractivity contribution < 1.29 is 0 Å². The third-order valence-corrected chi connectivity index (χ3v) is 2.76. The van der Waals surface area contributed by atoms with Crippen LogP contribution in [0.3, 0.4) is 0 Å². The lowest BCUT2D eigenvalue weighted by atomic mass is 10.1. The van der Waals surface area contributed by atoms with Crippen LogP contribution in [0.25, 0.3) is 21.8 Å². The molecule has 3 heteroatoms. The molecule has 16 heavy (non-hydrogen) atoms. The Morgan fingerprint density at radius 3 is 2.94 bits per heavy atom. The Morgan fingerprint density at radius 2 is 2.06 bits per heavy atom. The average molecular weight is 210 g/mol. The second-order valence-corrected chi connectivity index (χ2v) is 3.88. The Balaban J connectivity index is 2.61. The van der Waals surface area contributed by atoms with Gasteiger partial charge in [-0.2, -0.15) is 0 Å². The SMILES string of the molecule is Cc1c[nH]c(=O)c2cc3ccccc3nc12. The number of H-pyrrole nitrogens is 1. The van der Waals surface area contributed by atoms with E-state index >= 15 is 0 Å². The largest absolute Gasteiger partial charge is 0.328 e. The molecule has 0 spiro atoms. The van der Waals surface area contributed by atoms with Crippen molar-refractivity contribution in [2.45, 2.75) is 6.92 Å². The minimum atomic E-state index is -0.0844. The minimum absolute atomic E-state index is 0.0844. The van der Waals surface area contributed by atoms with E-state index < -0.39 is 0 Å². The van der Waals surface area contributed by atoms with E-state index in [4.69, 9.17) is 0 Å². The highest BCUT2D eigenvalue weighted by Crippen LogP contribution is 2.18. The fraction of sp³-hybridized carbons (Fsp3) is 0.0769. The Morgan fingerprint density at radius 1 is 1.25 bits per heavy atom. The predicted octanol–water partition coefficient (Wildman–Crippen LogP) is 2.38. The summed E-state index contributed by atoms with van der Waals surface area (Å²) in [6, 6.07) is 9.70. The van der Waals surface area contributed by atoms with Crippen molar-refractivity contribution in [1.82, 2.24) is 9.97 Å². The second-order valence-electron chi connectivity index (χ2n) is 3.88. The highest BCUT2D eigenvalue weighted by molar-refractivity contribution is 5.93. The summed E-state index contributed by atoms with van der Waals surface area (Å²) in [6.07, 6.45) is 1.70. The predicted molar refractivity (Wildman–Crippen MR) is 64.6 cm³/mol. The van der Waals surface area contributed by atoms with Gasteiger partial charge in [0.05, 0.1) is 16.4 Å². The first-order valence-electron chi connectivity index (χ1n) is 5.13. The molecule has 1 aromatic carbocycles. The molecule has 1 N–H and O–H groups in total. The normalized spacial score (nSPS) is 11.1. The third kappa shape index (κ3) is 1.21. The molecule has 0 saturated carbocycles. The van der Waals surface area contributed by atoms with E-state index in [-0.39, 0.29) is 5.56 Å². The zero-order valence-electron chi connectivity index (χ0n) is 8.82. The first-order chi connectivity index (χ1) is 7.75. The molecule has 0 fully saturated rings.